The Labute approximate surface area is 149 Å². The molecule has 0 saturated heterocycles. The topological polar surface area (TPSA) is 34.9 Å². The molecule has 0 bridgehead atoms. The van der Waals surface area contributed by atoms with Crippen molar-refractivity contribution in [2.75, 3.05) is 0 Å². The van der Waals surface area contributed by atoms with Crippen molar-refractivity contribution in [1.29, 1.82) is 0 Å². The average Bonchev–Trinajstić information content (AvgIpc) is 3.05. The number of halogens is 1. The van der Waals surface area contributed by atoms with Crippen LogP contribution in [0.25, 0.3) is 33.5 Å². The van der Waals surface area contributed by atoms with Crippen molar-refractivity contribution in [2.45, 2.75) is 13.0 Å². The van der Waals surface area contributed by atoms with Gasteiger partial charge in [0.25, 0.3) is 0 Å². The molecule has 0 amide bonds. The quantitative estimate of drug-likeness (QED) is 0.508. The zero-order valence-electron chi connectivity index (χ0n) is 13.9. The normalized spacial score (nSPS) is 13.3. The zero-order valence-corrected chi connectivity index (χ0v) is 13.9. The minimum Gasteiger partial charge on any atom is -0.323 e. The average molecular weight is 342 g/mol. The van der Waals surface area contributed by atoms with Crippen LogP contribution in [0.1, 0.15) is 16.8 Å². The fourth-order valence-corrected chi connectivity index (χ4v) is 3.65. The number of hydrogen-bond acceptors (Lipinski definition) is 2. The molecule has 0 N–H and O–H groups in total. The van der Waals surface area contributed by atoms with Crippen LogP contribution < -0.4 is 0 Å². The molecule has 0 radical (unpaired) electrons. The van der Waals surface area contributed by atoms with Crippen LogP contribution in [-0.2, 0) is 6.54 Å². The molecule has 3 nitrogen and oxygen atoms in total. The van der Waals surface area contributed by atoms with Crippen molar-refractivity contribution in [1.82, 2.24) is 9.55 Å². The largest absolute Gasteiger partial charge is 0.323 e. The van der Waals surface area contributed by atoms with Crippen molar-refractivity contribution in [3.05, 3.63) is 78.1 Å². The van der Waals surface area contributed by atoms with Crippen molar-refractivity contribution in [2.24, 2.45) is 0 Å². The van der Waals surface area contributed by atoms with Crippen LogP contribution >= 0.6 is 0 Å². The number of benzene rings is 3. The number of nitrogens with zero attached hydrogens (tertiary/aromatic N) is 2. The van der Waals surface area contributed by atoms with Crippen LogP contribution in [0.5, 0.6) is 0 Å². The van der Waals surface area contributed by atoms with Gasteiger partial charge in [0.15, 0.2) is 5.78 Å². The van der Waals surface area contributed by atoms with Gasteiger partial charge in [-0.25, -0.2) is 9.37 Å². The smallest absolute Gasteiger partial charge is 0.166 e. The summed E-state index contributed by atoms with van der Waals surface area (Å²) in [5, 5.41) is 0. The summed E-state index contributed by atoms with van der Waals surface area (Å²) < 4.78 is 15.2. The molecule has 1 aromatic heterocycles. The Hall–Kier alpha value is -3.27. The van der Waals surface area contributed by atoms with E-state index in [0.717, 1.165) is 39.1 Å². The van der Waals surface area contributed by atoms with E-state index in [2.05, 4.69) is 4.57 Å². The van der Waals surface area contributed by atoms with Crippen LogP contribution in [-0.4, -0.2) is 15.3 Å². The van der Waals surface area contributed by atoms with Crippen LogP contribution in [0.2, 0.25) is 0 Å². The Bertz CT molecular complexity index is 1140. The standard InChI is InChI=1S/C22H15FN2O/c23-17-10-8-15(9-11-17)14-4-6-16(7-5-14)22-24-19-3-1-2-18-20(26)12-13-25(22)21(18)19/h1-11H,12-13H2. The number of aromatic nitrogens is 2. The maximum absolute atomic E-state index is 13.1. The van der Waals surface area contributed by atoms with E-state index in [9.17, 15) is 9.18 Å². The predicted octanol–water partition coefficient (Wildman–Crippen LogP) is 5.10. The van der Waals surface area contributed by atoms with E-state index in [1.807, 2.05) is 42.5 Å². The summed E-state index contributed by atoms with van der Waals surface area (Å²) in [5.41, 5.74) is 5.55. The van der Waals surface area contributed by atoms with E-state index in [1.54, 1.807) is 12.1 Å². The number of Topliss-reactive ketones (excluding diaryl/α,β-unsaturated/α-hetero) is 1. The molecule has 0 saturated carbocycles. The highest BCUT2D eigenvalue weighted by Crippen LogP contribution is 2.32. The van der Waals surface area contributed by atoms with Gasteiger partial charge in [-0.2, -0.15) is 0 Å². The van der Waals surface area contributed by atoms with Crippen molar-refractivity contribution in [3.63, 3.8) is 0 Å². The van der Waals surface area contributed by atoms with Gasteiger partial charge in [0, 0.05) is 24.1 Å². The second-order valence-corrected chi connectivity index (χ2v) is 6.52. The monoisotopic (exact) mass is 342 g/mol. The molecule has 3 aromatic carbocycles. The van der Waals surface area contributed by atoms with Gasteiger partial charge >= 0.3 is 0 Å². The van der Waals surface area contributed by atoms with E-state index in [-0.39, 0.29) is 11.6 Å². The number of rotatable bonds is 2. The number of hydrogen-bond donors (Lipinski definition) is 0. The second-order valence-electron chi connectivity index (χ2n) is 6.52. The SMILES string of the molecule is O=C1CCn2c(-c3ccc(-c4ccc(F)cc4)cc3)nc3cccc1c32. The summed E-state index contributed by atoms with van der Waals surface area (Å²) in [6.07, 6.45) is 0.503. The first-order valence-electron chi connectivity index (χ1n) is 8.59. The van der Waals surface area contributed by atoms with Gasteiger partial charge in [-0.3, -0.25) is 4.79 Å². The highest BCUT2D eigenvalue weighted by Gasteiger charge is 2.23. The lowest BCUT2D eigenvalue weighted by atomic mass is 10.0. The lowest BCUT2D eigenvalue weighted by molar-refractivity contribution is 0.0973. The second kappa shape index (κ2) is 5.63. The highest BCUT2D eigenvalue weighted by molar-refractivity contribution is 6.08. The maximum atomic E-state index is 13.1. The Morgan fingerprint density at radius 3 is 2.23 bits per heavy atom. The van der Waals surface area contributed by atoms with Gasteiger partial charge in [0.2, 0.25) is 0 Å². The number of ketones is 1. The molecular formula is C22H15FN2O. The van der Waals surface area contributed by atoms with E-state index >= 15 is 0 Å². The van der Waals surface area contributed by atoms with Gasteiger partial charge in [0.1, 0.15) is 11.6 Å². The summed E-state index contributed by atoms with van der Waals surface area (Å²) in [7, 11) is 0. The molecule has 0 spiro atoms. The Morgan fingerprint density at radius 2 is 1.50 bits per heavy atom. The Morgan fingerprint density at radius 1 is 0.846 bits per heavy atom. The van der Waals surface area contributed by atoms with Crippen LogP contribution in [0.4, 0.5) is 4.39 Å². The van der Waals surface area contributed by atoms with E-state index in [4.69, 9.17) is 4.98 Å². The highest BCUT2D eigenvalue weighted by atomic mass is 19.1. The third-order valence-corrected chi connectivity index (χ3v) is 4.95. The predicted molar refractivity (Wildman–Crippen MR) is 99.5 cm³/mol. The Balaban J connectivity index is 1.61. The molecule has 0 unspecified atom stereocenters. The van der Waals surface area contributed by atoms with Gasteiger partial charge in [-0.15, -0.1) is 0 Å². The molecule has 126 valence electrons. The molecule has 26 heavy (non-hydrogen) atoms. The maximum Gasteiger partial charge on any atom is 0.166 e. The molecule has 2 heterocycles. The first-order valence-corrected chi connectivity index (χ1v) is 8.59. The zero-order chi connectivity index (χ0) is 17.7. The van der Waals surface area contributed by atoms with Crippen molar-refractivity contribution in [3.8, 4) is 22.5 Å². The number of para-hydroxylation sites is 1. The van der Waals surface area contributed by atoms with Crippen LogP contribution in [0.15, 0.2) is 66.7 Å². The molecule has 4 heteroatoms. The number of imidazole rings is 1. The van der Waals surface area contributed by atoms with Gasteiger partial charge in [-0.1, -0.05) is 42.5 Å². The molecule has 4 aromatic rings. The fraction of sp³-hybridized carbons (Fsp3) is 0.0909. The minimum atomic E-state index is -0.237. The number of carbonyl (C=O) groups excluding carboxylic acids is 1. The summed E-state index contributed by atoms with van der Waals surface area (Å²) >= 11 is 0. The summed E-state index contributed by atoms with van der Waals surface area (Å²) in [6, 6.07) is 20.3. The van der Waals surface area contributed by atoms with Crippen molar-refractivity contribution < 1.29 is 9.18 Å². The first-order chi connectivity index (χ1) is 12.7. The van der Waals surface area contributed by atoms with Crippen molar-refractivity contribution >= 4 is 16.8 Å². The molecule has 0 fully saturated rings. The summed E-state index contributed by atoms with van der Waals surface area (Å²) in [6.45, 7) is 0.654. The molecule has 1 aliphatic rings. The Kier molecular flexibility index (Phi) is 3.25. The summed E-state index contributed by atoms with van der Waals surface area (Å²) in [5.74, 6) is 0.825. The van der Waals surface area contributed by atoms with E-state index in [1.165, 1.54) is 12.1 Å². The molecule has 0 atom stereocenters. The van der Waals surface area contributed by atoms with Gasteiger partial charge < -0.3 is 4.57 Å². The molecule has 0 aliphatic carbocycles. The van der Waals surface area contributed by atoms with E-state index in [0.29, 0.717) is 13.0 Å². The third-order valence-electron chi connectivity index (χ3n) is 4.95. The van der Waals surface area contributed by atoms with Gasteiger partial charge in [-0.05, 0) is 35.4 Å². The number of aryl methyl sites for hydroxylation is 1. The summed E-state index contributed by atoms with van der Waals surface area (Å²) in [4.78, 5) is 16.9. The lowest BCUT2D eigenvalue weighted by Gasteiger charge is -2.16. The van der Waals surface area contributed by atoms with E-state index < -0.39 is 0 Å². The van der Waals surface area contributed by atoms with Gasteiger partial charge in [0.05, 0.1) is 11.0 Å². The lowest BCUT2D eigenvalue weighted by Crippen LogP contribution is -2.14. The minimum absolute atomic E-state index is 0.182. The fourth-order valence-electron chi connectivity index (χ4n) is 3.65. The molecular weight excluding hydrogens is 327 g/mol. The molecule has 1 aliphatic heterocycles. The third kappa shape index (κ3) is 2.26. The first kappa shape index (κ1) is 15.0. The van der Waals surface area contributed by atoms with Crippen LogP contribution in [0, 0.1) is 5.82 Å². The van der Waals surface area contributed by atoms with Crippen LogP contribution in [0.3, 0.4) is 0 Å². The number of carbonyl (C=O) groups is 1. The molecule has 5 rings (SSSR count).